The molecule has 0 aliphatic carbocycles. The van der Waals surface area contributed by atoms with E-state index in [0.29, 0.717) is 17.4 Å². The van der Waals surface area contributed by atoms with E-state index in [1.807, 2.05) is 31.2 Å². The molecule has 3 aromatic rings. The van der Waals surface area contributed by atoms with Gasteiger partial charge in [0.05, 0.1) is 0 Å². The van der Waals surface area contributed by atoms with Gasteiger partial charge in [0, 0.05) is 17.8 Å². The zero-order valence-corrected chi connectivity index (χ0v) is 12.7. The van der Waals surface area contributed by atoms with E-state index in [0.717, 1.165) is 5.69 Å². The molecule has 116 valence electrons. The van der Waals surface area contributed by atoms with Crippen LogP contribution in [0.15, 0.2) is 47.2 Å². The van der Waals surface area contributed by atoms with Gasteiger partial charge in [0.15, 0.2) is 5.82 Å². The summed E-state index contributed by atoms with van der Waals surface area (Å²) in [4.78, 5) is 20.3. The summed E-state index contributed by atoms with van der Waals surface area (Å²) in [6.45, 7) is 3.76. The molecule has 0 aliphatic heterocycles. The van der Waals surface area contributed by atoms with Crippen molar-refractivity contribution in [1.82, 2.24) is 15.1 Å². The highest BCUT2D eigenvalue weighted by Crippen LogP contribution is 2.16. The lowest BCUT2D eigenvalue weighted by molar-refractivity contribution is 0.102. The minimum Gasteiger partial charge on any atom is -0.360 e. The van der Waals surface area contributed by atoms with Crippen molar-refractivity contribution in [3.8, 4) is 0 Å². The molecule has 0 aliphatic rings. The molecule has 2 aromatic heterocycles. The van der Waals surface area contributed by atoms with Crippen LogP contribution in [-0.4, -0.2) is 21.0 Å². The molecule has 0 atom stereocenters. The minimum absolute atomic E-state index is 0.232. The van der Waals surface area contributed by atoms with Crippen LogP contribution in [-0.2, 0) is 0 Å². The SMILES string of the molecule is Cc1ccc(Nc2cc(C(=O)Nc3cc(C)on3)ncn2)cc1. The van der Waals surface area contributed by atoms with Crippen LogP contribution < -0.4 is 10.6 Å². The van der Waals surface area contributed by atoms with Gasteiger partial charge in [0.2, 0.25) is 0 Å². The van der Waals surface area contributed by atoms with E-state index in [9.17, 15) is 4.79 Å². The first-order valence-corrected chi connectivity index (χ1v) is 7.00. The molecule has 0 saturated heterocycles. The molecule has 0 unspecified atom stereocenters. The average molecular weight is 309 g/mol. The number of aryl methyl sites for hydroxylation is 2. The summed E-state index contributed by atoms with van der Waals surface area (Å²) in [5, 5.41) is 9.46. The van der Waals surface area contributed by atoms with E-state index >= 15 is 0 Å². The highest BCUT2D eigenvalue weighted by molar-refractivity contribution is 6.02. The Hall–Kier alpha value is -3.22. The smallest absolute Gasteiger partial charge is 0.275 e. The number of aromatic nitrogens is 3. The van der Waals surface area contributed by atoms with Gasteiger partial charge >= 0.3 is 0 Å². The van der Waals surface area contributed by atoms with Crippen LogP contribution in [0, 0.1) is 13.8 Å². The summed E-state index contributed by atoms with van der Waals surface area (Å²) in [7, 11) is 0. The summed E-state index contributed by atoms with van der Waals surface area (Å²) in [6.07, 6.45) is 1.33. The van der Waals surface area contributed by atoms with Gasteiger partial charge in [-0.05, 0) is 26.0 Å². The second-order valence-electron chi connectivity index (χ2n) is 5.06. The van der Waals surface area contributed by atoms with Crippen LogP contribution in [0.25, 0.3) is 0 Å². The molecule has 2 heterocycles. The van der Waals surface area contributed by atoms with E-state index in [-0.39, 0.29) is 11.6 Å². The first-order chi connectivity index (χ1) is 11.1. The summed E-state index contributed by atoms with van der Waals surface area (Å²) in [5.74, 6) is 1.11. The fourth-order valence-corrected chi connectivity index (χ4v) is 1.94. The molecule has 23 heavy (non-hydrogen) atoms. The maximum atomic E-state index is 12.2. The molecule has 7 nitrogen and oxygen atoms in total. The first-order valence-electron chi connectivity index (χ1n) is 7.00. The highest BCUT2D eigenvalue weighted by Gasteiger charge is 2.11. The monoisotopic (exact) mass is 309 g/mol. The molecule has 0 fully saturated rings. The maximum Gasteiger partial charge on any atom is 0.275 e. The van der Waals surface area contributed by atoms with Crippen molar-refractivity contribution in [2.24, 2.45) is 0 Å². The normalized spacial score (nSPS) is 10.3. The van der Waals surface area contributed by atoms with Crippen LogP contribution in [0.5, 0.6) is 0 Å². The predicted octanol–water partition coefficient (Wildman–Crippen LogP) is 3.08. The van der Waals surface area contributed by atoms with E-state index in [1.54, 1.807) is 19.1 Å². The highest BCUT2D eigenvalue weighted by atomic mass is 16.5. The molecule has 2 N–H and O–H groups in total. The Morgan fingerprint density at radius 2 is 1.83 bits per heavy atom. The minimum atomic E-state index is -0.382. The van der Waals surface area contributed by atoms with Gasteiger partial charge in [-0.1, -0.05) is 22.9 Å². The van der Waals surface area contributed by atoms with Crippen molar-refractivity contribution >= 4 is 23.2 Å². The predicted molar refractivity (Wildman–Crippen MR) is 85.7 cm³/mol. The van der Waals surface area contributed by atoms with Crippen molar-refractivity contribution < 1.29 is 9.32 Å². The van der Waals surface area contributed by atoms with Crippen molar-refractivity contribution in [2.75, 3.05) is 10.6 Å². The molecule has 3 rings (SSSR count). The number of nitrogens with one attached hydrogen (secondary N) is 2. The van der Waals surface area contributed by atoms with Crippen LogP contribution >= 0.6 is 0 Å². The molecule has 0 saturated carbocycles. The van der Waals surface area contributed by atoms with Crippen LogP contribution in [0.3, 0.4) is 0 Å². The summed E-state index contributed by atoms with van der Waals surface area (Å²) >= 11 is 0. The number of anilines is 3. The number of benzene rings is 1. The van der Waals surface area contributed by atoms with Crippen LogP contribution in [0.2, 0.25) is 0 Å². The van der Waals surface area contributed by atoms with E-state index in [2.05, 4.69) is 25.8 Å². The largest absolute Gasteiger partial charge is 0.360 e. The number of carbonyl (C=O) groups excluding carboxylic acids is 1. The number of hydrogen-bond donors (Lipinski definition) is 2. The fourth-order valence-electron chi connectivity index (χ4n) is 1.94. The molecule has 0 bridgehead atoms. The molecular formula is C16H15N5O2. The van der Waals surface area contributed by atoms with Crippen molar-refractivity contribution in [3.63, 3.8) is 0 Å². The number of carbonyl (C=O) groups is 1. The van der Waals surface area contributed by atoms with Crippen LogP contribution in [0.4, 0.5) is 17.3 Å². The maximum absolute atomic E-state index is 12.2. The van der Waals surface area contributed by atoms with Gasteiger partial charge in [0.1, 0.15) is 23.6 Å². The number of rotatable bonds is 4. The Morgan fingerprint density at radius 3 is 2.52 bits per heavy atom. The van der Waals surface area contributed by atoms with E-state index in [1.165, 1.54) is 11.9 Å². The Kier molecular flexibility index (Phi) is 4.01. The second kappa shape index (κ2) is 6.27. The Balaban J connectivity index is 1.73. The molecule has 7 heteroatoms. The fraction of sp³-hybridized carbons (Fsp3) is 0.125. The van der Waals surface area contributed by atoms with Gasteiger partial charge < -0.3 is 15.2 Å². The third-order valence-corrected chi connectivity index (χ3v) is 3.09. The van der Waals surface area contributed by atoms with Crippen molar-refractivity contribution in [1.29, 1.82) is 0 Å². The van der Waals surface area contributed by atoms with Crippen molar-refractivity contribution in [3.05, 3.63) is 59.7 Å². The summed E-state index contributed by atoms with van der Waals surface area (Å²) < 4.78 is 4.90. The summed E-state index contributed by atoms with van der Waals surface area (Å²) in [5.41, 5.74) is 2.28. The van der Waals surface area contributed by atoms with Gasteiger partial charge in [0.25, 0.3) is 5.91 Å². The third-order valence-electron chi connectivity index (χ3n) is 3.09. The number of hydrogen-bond acceptors (Lipinski definition) is 6. The first kappa shape index (κ1) is 14.7. The quantitative estimate of drug-likeness (QED) is 0.769. The lowest BCUT2D eigenvalue weighted by atomic mass is 10.2. The van der Waals surface area contributed by atoms with Gasteiger partial charge in [-0.15, -0.1) is 0 Å². The lowest BCUT2D eigenvalue weighted by Gasteiger charge is -2.07. The number of amides is 1. The van der Waals surface area contributed by atoms with Crippen LogP contribution in [0.1, 0.15) is 21.8 Å². The molecule has 0 radical (unpaired) electrons. The molecular weight excluding hydrogens is 294 g/mol. The summed E-state index contributed by atoms with van der Waals surface area (Å²) in [6, 6.07) is 11.1. The Bertz CT molecular complexity index is 826. The average Bonchev–Trinajstić information content (AvgIpc) is 2.95. The molecule has 0 spiro atoms. The molecule has 1 aromatic carbocycles. The van der Waals surface area contributed by atoms with E-state index in [4.69, 9.17) is 4.52 Å². The Labute approximate surface area is 132 Å². The third kappa shape index (κ3) is 3.70. The molecule has 1 amide bonds. The van der Waals surface area contributed by atoms with Crippen molar-refractivity contribution in [2.45, 2.75) is 13.8 Å². The van der Waals surface area contributed by atoms with Gasteiger partial charge in [-0.3, -0.25) is 4.79 Å². The zero-order valence-electron chi connectivity index (χ0n) is 12.7. The number of nitrogens with zero attached hydrogens (tertiary/aromatic N) is 3. The zero-order chi connectivity index (χ0) is 16.2. The second-order valence-corrected chi connectivity index (χ2v) is 5.06. The Morgan fingerprint density at radius 1 is 1.04 bits per heavy atom. The lowest BCUT2D eigenvalue weighted by Crippen LogP contribution is -2.14. The van der Waals surface area contributed by atoms with E-state index < -0.39 is 0 Å². The van der Waals surface area contributed by atoms with Gasteiger partial charge in [-0.25, -0.2) is 9.97 Å². The standard InChI is InChI=1S/C16H15N5O2/c1-10-3-5-12(6-4-10)19-14-8-13(17-9-18-14)16(22)20-15-7-11(2)23-21-15/h3-9H,1-2H3,(H,17,18,19)(H,20,21,22). The topological polar surface area (TPSA) is 92.9 Å². The van der Waals surface area contributed by atoms with Gasteiger partial charge in [-0.2, -0.15) is 0 Å².